The van der Waals surface area contributed by atoms with Gasteiger partial charge in [-0.15, -0.1) is 11.3 Å². The molecule has 85 valence electrons. The number of rotatable bonds is 1. The zero-order valence-corrected chi connectivity index (χ0v) is 12.5. The zero-order valence-electron chi connectivity index (χ0n) is 9.68. The summed E-state index contributed by atoms with van der Waals surface area (Å²) in [5.74, 6) is 0.131. The average molecular weight is 267 g/mol. The van der Waals surface area contributed by atoms with E-state index >= 15 is 0 Å². The number of benzene rings is 1. The molecule has 2 aromatic heterocycles. The minimum atomic E-state index is -0.359. The van der Waals surface area contributed by atoms with Gasteiger partial charge in [-0.2, -0.15) is 4.98 Å². The van der Waals surface area contributed by atoms with Crippen LogP contribution in [0.2, 0.25) is 0 Å². The van der Waals surface area contributed by atoms with E-state index in [1.165, 1.54) is 0 Å². The topological polar surface area (TPSA) is 66.0 Å². The fraction of sp³-hybridized carbons (Fsp3) is 0. The predicted octanol–water partition coefficient (Wildman–Crippen LogP) is 1.98. The van der Waals surface area contributed by atoms with Gasteiger partial charge < -0.3 is 10.1 Å². The molecule has 1 radical (unpaired) electrons. The molecule has 0 spiro atoms. The van der Waals surface area contributed by atoms with Crippen LogP contribution in [0.25, 0.3) is 21.5 Å². The Labute approximate surface area is 129 Å². The van der Waals surface area contributed by atoms with Crippen LogP contribution in [-0.2, 0) is 0 Å². The van der Waals surface area contributed by atoms with Gasteiger partial charge in [0.25, 0.3) is 5.56 Å². The Morgan fingerprint density at radius 2 is 2.06 bits per heavy atom. The van der Waals surface area contributed by atoms with E-state index in [1.54, 1.807) is 11.3 Å². The fourth-order valence-corrected chi connectivity index (χ4v) is 2.68. The number of fused-ring (bicyclic) bond motifs is 1. The van der Waals surface area contributed by atoms with Crippen LogP contribution >= 0.6 is 11.3 Å². The van der Waals surface area contributed by atoms with Crippen molar-refractivity contribution in [1.82, 2.24) is 9.97 Å². The molecule has 2 N–H and O–H groups in total. The molecule has 0 saturated heterocycles. The minimum Gasteiger partial charge on any atom is -0.493 e. The molecule has 2 heterocycles. The SMILES string of the molecule is O=c1cc(O)nc(-c2csc3ccccc23)[nH]1.[Na]. The summed E-state index contributed by atoms with van der Waals surface area (Å²) in [6, 6.07) is 8.91. The monoisotopic (exact) mass is 267 g/mol. The van der Waals surface area contributed by atoms with Crippen molar-refractivity contribution in [2.75, 3.05) is 0 Å². The summed E-state index contributed by atoms with van der Waals surface area (Å²) in [5, 5.41) is 12.3. The summed E-state index contributed by atoms with van der Waals surface area (Å²) in [4.78, 5) is 17.8. The first-order valence-electron chi connectivity index (χ1n) is 5.01. The van der Waals surface area contributed by atoms with E-state index in [4.69, 9.17) is 0 Å². The molecule has 0 amide bonds. The number of thiophene rings is 1. The molecule has 0 fully saturated rings. The van der Waals surface area contributed by atoms with Crippen LogP contribution in [0, 0.1) is 0 Å². The Balaban J connectivity index is 0.00000120. The Morgan fingerprint density at radius 3 is 2.83 bits per heavy atom. The van der Waals surface area contributed by atoms with Crippen molar-refractivity contribution in [2.45, 2.75) is 0 Å². The first-order chi connectivity index (χ1) is 8.24. The number of aromatic amines is 1. The molecule has 18 heavy (non-hydrogen) atoms. The molecular formula is C12H8N2NaO2S. The van der Waals surface area contributed by atoms with Gasteiger partial charge in [0.2, 0.25) is 5.88 Å². The first-order valence-corrected chi connectivity index (χ1v) is 5.89. The van der Waals surface area contributed by atoms with Gasteiger partial charge >= 0.3 is 0 Å². The zero-order chi connectivity index (χ0) is 11.8. The van der Waals surface area contributed by atoms with Crippen LogP contribution in [0.3, 0.4) is 0 Å². The Morgan fingerprint density at radius 1 is 1.28 bits per heavy atom. The van der Waals surface area contributed by atoms with Crippen LogP contribution in [-0.4, -0.2) is 44.6 Å². The van der Waals surface area contributed by atoms with Crippen molar-refractivity contribution < 1.29 is 5.11 Å². The van der Waals surface area contributed by atoms with Crippen molar-refractivity contribution in [3.63, 3.8) is 0 Å². The quantitative estimate of drug-likeness (QED) is 0.662. The third-order valence-corrected chi connectivity index (χ3v) is 3.43. The molecule has 0 aliphatic rings. The molecule has 3 aromatic rings. The van der Waals surface area contributed by atoms with Gasteiger partial charge in [-0.25, -0.2) is 0 Å². The molecule has 0 saturated carbocycles. The fourth-order valence-electron chi connectivity index (χ4n) is 1.73. The van der Waals surface area contributed by atoms with Gasteiger partial charge in [0.05, 0.1) is 6.07 Å². The Bertz CT molecular complexity index is 751. The van der Waals surface area contributed by atoms with Gasteiger partial charge in [0, 0.05) is 50.6 Å². The number of nitrogens with zero attached hydrogens (tertiary/aromatic N) is 1. The molecule has 0 aliphatic carbocycles. The van der Waals surface area contributed by atoms with E-state index < -0.39 is 0 Å². The minimum absolute atomic E-state index is 0. The summed E-state index contributed by atoms with van der Waals surface area (Å²) in [7, 11) is 0. The van der Waals surface area contributed by atoms with E-state index in [1.807, 2.05) is 29.6 Å². The number of hydrogen-bond acceptors (Lipinski definition) is 4. The number of H-pyrrole nitrogens is 1. The third kappa shape index (κ3) is 2.35. The Hall–Kier alpha value is -1.14. The second-order valence-electron chi connectivity index (χ2n) is 3.60. The second-order valence-corrected chi connectivity index (χ2v) is 4.51. The Kier molecular flexibility index (Phi) is 3.87. The molecule has 1 aromatic carbocycles. The molecule has 4 nitrogen and oxygen atoms in total. The van der Waals surface area contributed by atoms with E-state index in [2.05, 4.69) is 9.97 Å². The predicted molar refractivity (Wildman–Crippen MR) is 73.1 cm³/mol. The summed E-state index contributed by atoms with van der Waals surface area (Å²) >= 11 is 1.58. The first kappa shape index (κ1) is 13.3. The van der Waals surface area contributed by atoms with E-state index in [0.29, 0.717) is 5.82 Å². The second kappa shape index (κ2) is 5.24. The summed E-state index contributed by atoms with van der Waals surface area (Å²) < 4.78 is 1.12. The van der Waals surface area contributed by atoms with Crippen molar-refractivity contribution >= 4 is 51.0 Å². The number of aromatic nitrogens is 2. The molecule has 6 heteroatoms. The van der Waals surface area contributed by atoms with Gasteiger partial charge in [-0.05, 0) is 6.07 Å². The molecular weight excluding hydrogens is 259 g/mol. The van der Waals surface area contributed by atoms with E-state index in [-0.39, 0.29) is 41.0 Å². The maximum absolute atomic E-state index is 11.3. The van der Waals surface area contributed by atoms with Crippen LogP contribution in [0.1, 0.15) is 0 Å². The smallest absolute Gasteiger partial charge is 0.254 e. The standard InChI is InChI=1S/C12H8N2O2S.Na/c15-10-5-11(16)14-12(13-10)8-6-17-9-4-2-1-3-7(8)9;/h1-6H,(H2,13,14,15,16);. The van der Waals surface area contributed by atoms with Crippen molar-refractivity contribution in [1.29, 1.82) is 0 Å². The van der Waals surface area contributed by atoms with Crippen LogP contribution in [0.4, 0.5) is 0 Å². The van der Waals surface area contributed by atoms with Crippen molar-refractivity contribution in [3.8, 4) is 17.3 Å². The average Bonchev–Trinajstić information content (AvgIpc) is 2.71. The van der Waals surface area contributed by atoms with E-state index in [0.717, 1.165) is 21.7 Å². The van der Waals surface area contributed by atoms with Crippen LogP contribution < -0.4 is 5.56 Å². The van der Waals surface area contributed by atoms with Crippen molar-refractivity contribution in [3.05, 3.63) is 46.1 Å². The van der Waals surface area contributed by atoms with Gasteiger partial charge in [-0.3, -0.25) is 4.79 Å². The van der Waals surface area contributed by atoms with Gasteiger partial charge in [-0.1, -0.05) is 18.2 Å². The van der Waals surface area contributed by atoms with Gasteiger partial charge in [0.1, 0.15) is 5.82 Å². The number of aromatic hydroxyl groups is 1. The van der Waals surface area contributed by atoms with Gasteiger partial charge in [0.15, 0.2) is 0 Å². The largest absolute Gasteiger partial charge is 0.493 e. The number of nitrogens with one attached hydrogen (secondary N) is 1. The number of hydrogen-bond donors (Lipinski definition) is 2. The maximum Gasteiger partial charge on any atom is 0.254 e. The summed E-state index contributed by atoms with van der Waals surface area (Å²) in [6.07, 6.45) is 0. The van der Waals surface area contributed by atoms with E-state index in [9.17, 15) is 9.90 Å². The summed E-state index contributed by atoms with van der Waals surface area (Å²) in [6.45, 7) is 0. The van der Waals surface area contributed by atoms with Crippen LogP contribution in [0.5, 0.6) is 5.88 Å². The summed E-state index contributed by atoms with van der Waals surface area (Å²) in [5.41, 5.74) is 0.474. The molecule has 0 aliphatic heterocycles. The van der Waals surface area contributed by atoms with Crippen molar-refractivity contribution in [2.24, 2.45) is 0 Å². The molecule has 3 rings (SSSR count). The molecule has 0 unspecified atom stereocenters. The molecule has 0 bridgehead atoms. The molecule has 0 atom stereocenters. The van der Waals surface area contributed by atoms with Crippen LogP contribution in [0.15, 0.2) is 40.5 Å². The maximum atomic E-state index is 11.3. The third-order valence-electron chi connectivity index (χ3n) is 2.46. The normalized spacial score (nSPS) is 10.2.